The summed E-state index contributed by atoms with van der Waals surface area (Å²) in [6, 6.07) is 0. The van der Waals surface area contributed by atoms with Gasteiger partial charge in [0.15, 0.2) is 0 Å². The van der Waals surface area contributed by atoms with Crippen LogP contribution in [0.4, 0.5) is 0 Å². The van der Waals surface area contributed by atoms with E-state index in [0.29, 0.717) is 13.0 Å². The number of hydrogen-bond donors (Lipinski definition) is 0. The molecule has 0 aromatic heterocycles. The zero-order chi connectivity index (χ0) is 11.5. The largest absolute Gasteiger partial charge is 0.461 e. The monoisotopic (exact) mass is 210 g/mol. The van der Waals surface area contributed by atoms with E-state index >= 15 is 0 Å². The molecule has 0 aromatic rings. The van der Waals surface area contributed by atoms with E-state index in [9.17, 15) is 4.79 Å². The van der Waals surface area contributed by atoms with Gasteiger partial charge in [-0.3, -0.25) is 4.79 Å². The van der Waals surface area contributed by atoms with Gasteiger partial charge in [-0.2, -0.15) is 0 Å². The minimum Gasteiger partial charge on any atom is -0.461 e. The Hall–Kier alpha value is -1.05. The summed E-state index contributed by atoms with van der Waals surface area (Å²) in [4.78, 5) is 11.0. The third kappa shape index (κ3) is 10.9. The van der Waals surface area contributed by atoms with E-state index < -0.39 is 0 Å². The fourth-order valence-corrected chi connectivity index (χ4v) is 1.07. The molecule has 0 bridgehead atoms. The van der Waals surface area contributed by atoms with Crippen LogP contribution in [0.25, 0.3) is 0 Å². The molecule has 0 aliphatic heterocycles. The summed E-state index contributed by atoms with van der Waals surface area (Å²) >= 11 is 0. The molecule has 0 N–H and O–H groups in total. The van der Waals surface area contributed by atoms with E-state index in [4.69, 9.17) is 4.74 Å². The predicted octanol–water partition coefficient (Wildman–Crippen LogP) is 3.63. The van der Waals surface area contributed by atoms with Crippen LogP contribution in [-0.4, -0.2) is 12.6 Å². The smallest absolute Gasteiger partial charge is 0.306 e. The summed E-state index contributed by atoms with van der Waals surface area (Å²) in [5, 5.41) is 0. The Morgan fingerprint density at radius 1 is 1.20 bits per heavy atom. The van der Waals surface area contributed by atoms with Crippen molar-refractivity contribution in [2.24, 2.45) is 0 Å². The lowest BCUT2D eigenvalue weighted by molar-refractivity contribution is -0.142. The summed E-state index contributed by atoms with van der Waals surface area (Å²) in [6.07, 6.45) is 9.60. The minimum absolute atomic E-state index is 0.105. The van der Waals surface area contributed by atoms with Crippen molar-refractivity contribution < 1.29 is 9.53 Å². The Bertz CT molecular complexity index is 223. The molecule has 0 aliphatic carbocycles. The van der Waals surface area contributed by atoms with E-state index in [1.807, 2.05) is 13.0 Å². The van der Waals surface area contributed by atoms with Gasteiger partial charge in [-0.25, -0.2) is 0 Å². The highest BCUT2D eigenvalue weighted by atomic mass is 16.5. The second-order valence-electron chi connectivity index (χ2n) is 3.76. The van der Waals surface area contributed by atoms with Gasteiger partial charge in [-0.05, 0) is 33.1 Å². The summed E-state index contributed by atoms with van der Waals surface area (Å²) in [7, 11) is 0. The average molecular weight is 210 g/mol. The number of rotatable bonds is 7. The zero-order valence-electron chi connectivity index (χ0n) is 10.1. The van der Waals surface area contributed by atoms with E-state index in [1.54, 1.807) is 0 Å². The summed E-state index contributed by atoms with van der Waals surface area (Å²) in [5.74, 6) is -0.105. The normalized spacial score (nSPS) is 10.3. The van der Waals surface area contributed by atoms with Crippen molar-refractivity contribution in [1.29, 1.82) is 0 Å². The molecule has 2 heteroatoms. The Kier molecular flexibility index (Phi) is 8.84. The molecule has 0 spiro atoms. The molecular formula is C13H22O2. The van der Waals surface area contributed by atoms with Crippen molar-refractivity contribution in [2.75, 3.05) is 6.61 Å². The Morgan fingerprint density at radius 2 is 1.93 bits per heavy atom. The molecule has 0 aliphatic rings. The van der Waals surface area contributed by atoms with Crippen LogP contribution < -0.4 is 0 Å². The summed E-state index contributed by atoms with van der Waals surface area (Å²) in [5.41, 5.74) is 1.35. The molecule has 0 rings (SSSR count). The van der Waals surface area contributed by atoms with Crippen molar-refractivity contribution >= 4 is 5.97 Å². The molecule has 0 amide bonds. The Balaban J connectivity index is 3.39. The highest BCUT2D eigenvalue weighted by Crippen LogP contribution is 1.98. The topological polar surface area (TPSA) is 26.3 Å². The number of unbranched alkanes of at least 4 members (excludes halogenated alkanes) is 1. The van der Waals surface area contributed by atoms with Gasteiger partial charge >= 0.3 is 5.97 Å². The quantitative estimate of drug-likeness (QED) is 0.364. The standard InChI is InChI=1S/C13H22O2/c1-4-9-13(14)15-11-8-6-5-7-10-12(2)3/h6,8,10H,4-5,7,9,11H2,1-3H3/b8-6+. The van der Waals surface area contributed by atoms with Crippen molar-refractivity contribution in [2.45, 2.75) is 46.5 Å². The van der Waals surface area contributed by atoms with Crippen molar-refractivity contribution in [3.8, 4) is 0 Å². The molecular weight excluding hydrogens is 188 g/mol. The van der Waals surface area contributed by atoms with Crippen LogP contribution in [0.5, 0.6) is 0 Å². The summed E-state index contributed by atoms with van der Waals surface area (Å²) < 4.78 is 4.97. The Labute approximate surface area is 93.0 Å². The van der Waals surface area contributed by atoms with Crippen LogP contribution in [0.1, 0.15) is 46.5 Å². The van der Waals surface area contributed by atoms with Crippen LogP contribution in [-0.2, 0) is 9.53 Å². The average Bonchev–Trinajstić information content (AvgIpc) is 2.16. The van der Waals surface area contributed by atoms with E-state index in [2.05, 4.69) is 26.0 Å². The predicted molar refractivity (Wildman–Crippen MR) is 63.7 cm³/mol. The SMILES string of the molecule is CCCC(=O)OC/C=C/CCC=C(C)C. The van der Waals surface area contributed by atoms with Crippen molar-refractivity contribution in [1.82, 2.24) is 0 Å². The highest BCUT2D eigenvalue weighted by molar-refractivity contribution is 5.69. The highest BCUT2D eigenvalue weighted by Gasteiger charge is 1.96. The molecule has 0 unspecified atom stereocenters. The van der Waals surface area contributed by atoms with Crippen molar-refractivity contribution in [3.63, 3.8) is 0 Å². The van der Waals surface area contributed by atoms with E-state index in [-0.39, 0.29) is 5.97 Å². The molecule has 15 heavy (non-hydrogen) atoms. The van der Waals surface area contributed by atoms with Gasteiger partial charge in [0.05, 0.1) is 0 Å². The van der Waals surface area contributed by atoms with Crippen LogP contribution in [0.15, 0.2) is 23.8 Å². The number of carbonyl (C=O) groups excluding carboxylic acids is 1. The van der Waals surface area contributed by atoms with Gasteiger partial charge in [0.2, 0.25) is 0 Å². The second kappa shape index (κ2) is 9.50. The van der Waals surface area contributed by atoms with Gasteiger partial charge in [0.1, 0.15) is 6.61 Å². The van der Waals surface area contributed by atoms with E-state index in [0.717, 1.165) is 19.3 Å². The first-order chi connectivity index (χ1) is 7.16. The van der Waals surface area contributed by atoms with Crippen LogP contribution in [0, 0.1) is 0 Å². The lowest BCUT2D eigenvalue weighted by Gasteiger charge is -1.98. The minimum atomic E-state index is -0.105. The van der Waals surface area contributed by atoms with Crippen LogP contribution in [0.2, 0.25) is 0 Å². The maximum absolute atomic E-state index is 11.0. The van der Waals surface area contributed by atoms with Gasteiger partial charge in [0.25, 0.3) is 0 Å². The molecule has 86 valence electrons. The number of carbonyl (C=O) groups is 1. The maximum atomic E-state index is 11.0. The lowest BCUT2D eigenvalue weighted by atomic mass is 10.2. The van der Waals surface area contributed by atoms with Crippen LogP contribution in [0.3, 0.4) is 0 Å². The molecule has 2 nitrogen and oxygen atoms in total. The molecule has 0 heterocycles. The Morgan fingerprint density at radius 3 is 2.53 bits per heavy atom. The number of allylic oxidation sites excluding steroid dienone is 3. The van der Waals surface area contributed by atoms with Gasteiger partial charge in [0, 0.05) is 6.42 Å². The number of ether oxygens (including phenoxy) is 1. The van der Waals surface area contributed by atoms with Gasteiger partial charge in [-0.1, -0.05) is 30.7 Å². The molecule has 0 atom stereocenters. The molecule has 0 saturated heterocycles. The van der Waals surface area contributed by atoms with Crippen LogP contribution >= 0.6 is 0 Å². The molecule has 0 radical (unpaired) electrons. The lowest BCUT2D eigenvalue weighted by Crippen LogP contribution is -2.02. The van der Waals surface area contributed by atoms with Gasteiger partial charge in [-0.15, -0.1) is 0 Å². The first kappa shape index (κ1) is 13.9. The maximum Gasteiger partial charge on any atom is 0.306 e. The number of esters is 1. The first-order valence-electron chi connectivity index (χ1n) is 5.60. The first-order valence-corrected chi connectivity index (χ1v) is 5.60. The number of hydrogen-bond acceptors (Lipinski definition) is 2. The second-order valence-corrected chi connectivity index (χ2v) is 3.76. The molecule has 0 saturated carbocycles. The third-order valence-electron chi connectivity index (χ3n) is 1.85. The molecule has 0 aromatic carbocycles. The fraction of sp³-hybridized carbons (Fsp3) is 0.615. The van der Waals surface area contributed by atoms with Crippen molar-refractivity contribution in [3.05, 3.63) is 23.8 Å². The fourth-order valence-electron chi connectivity index (χ4n) is 1.07. The molecule has 0 fully saturated rings. The third-order valence-corrected chi connectivity index (χ3v) is 1.85. The van der Waals surface area contributed by atoms with E-state index in [1.165, 1.54) is 5.57 Å². The summed E-state index contributed by atoms with van der Waals surface area (Å²) in [6.45, 7) is 6.57. The zero-order valence-corrected chi connectivity index (χ0v) is 10.1. The van der Waals surface area contributed by atoms with Gasteiger partial charge < -0.3 is 4.74 Å².